The summed E-state index contributed by atoms with van der Waals surface area (Å²) in [7, 11) is -3.50. The maximum absolute atomic E-state index is 11.5. The van der Waals surface area contributed by atoms with Crippen molar-refractivity contribution in [2.24, 2.45) is 0 Å². The number of aliphatic hydroxyl groups excluding tert-OH is 1. The van der Waals surface area contributed by atoms with Crippen LogP contribution in [0.3, 0.4) is 0 Å². The highest BCUT2D eigenvalue weighted by molar-refractivity contribution is 7.88. The van der Waals surface area contributed by atoms with Crippen LogP contribution in [0.2, 0.25) is 0 Å². The smallest absolute Gasteiger partial charge is 0.265 e. The number of hydrogen-bond acceptors (Lipinski definition) is 3. The lowest BCUT2D eigenvalue weighted by molar-refractivity contribution is -0.000429. The Kier molecular flexibility index (Phi) is 3.84. The third-order valence-corrected chi connectivity index (χ3v) is 1.54. The first kappa shape index (κ1) is 10.7. The Bertz CT molecular complexity index is 203. The van der Waals surface area contributed by atoms with E-state index in [1.807, 2.05) is 0 Å². The molecule has 2 N–H and O–H groups in total. The summed E-state index contributed by atoms with van der Waals surface area (Å²) in [4.78, 5) is 0. The molecule has 0 fully saturated rings. The zero-order valence-electron chi connectivity index (χ0n) is 5.79. The summed E-state index contributed by atoms with van der Waals surface area (Å²) in [6.07, 6.45) is -4.04. The number of alkyl halides is 2. The molecule has 0 spiro atoms. The molecule has 0 radical (unpaired) electrons. The molecule has 0 aliphatic heterocycles. The fraction of sp³-hybridized carbons (Fsp3) is 1.00. The number of halogens is 2. The first-order chi connectivity index (χ1) is 4.83. The molecule has 0 saturated carbocycles. The quantitative estimate of drug-likeness (QED) is 0.606. The maximum Gasteiger partial charge on any atom is 0.265 e. The van der Waals surface area contributed by atoms with E-state index in [2.05, 4.69) is 0 Å². The van der Waals surface area contributed by atoms with Crippen LogP contribution in [0.25, 0.3) is 0 Å². The van der Waals surface area contributed by atoms with Crippen LogP contribution in [0.4, 0.5) is 8.78 Å². The normalized spacial score (nSPS) is 15.4. The second kappa shape index (κ2) is 3.93. The van der Waals surface area contributed by atoms with Crippen molar-refractivity contribution >= 4 is 10.0 Å². The largest absolute Gasteiger partial charge is 0.386 e. The summed E-state index contributed by atoms with van der Waals surface area (Å²) < 4.78 is 45.4. The van der Waals surface area contributed by atoms with Crippen LogP contribution in [0.5, 0.6) is 0 Å². The molecule has 0 aromatic heterocycles. The van der Waals surface area contributed by atoms with Crippen molar-refractivity contribution in [1.29, 1.82) is 0 Å². The number of sulfonamides is 1. The maximum atomic E-state index is 11.5. The summed E-state index contributed by atoms with van der Waals surface area (Å²) in [5, 5.41) is 8.41. The highest BCUT2D eigenvalue weighted by Gasteiger charge is 2.17. The summed E-state index contributed by atoms with van der Waals surface area (Å²) in [6, 6.07) is 0. The Hall–Kier alpha value is -0.270. The second-order valence-electron chi connectivity index (χ2n) is 2.02. The second-order valence-corrected chi connectivity index (χ2v) is 3.86. The number of rotatable bonds is 4. The first-order valence-corrected chi connectivity index (χ1v) is 4.63. The van der Waals surface area contributed by atoms with Gasteiger partial charge in [0.1, 0.15) is 6.10 Å². The van der Waals surface area contributed by atoms with Gasteiger partial charge in [-0.2, -0.15) is 0 Å². The molecule has 0 rings (SSSR count). The Morgan fingerprint density at radius 1 is 1.55 bits per heavy atom. The molecule has 0 aromatic rings. The van der Waals surface area contributed by atoms with Gasteiger partial charge in [-0.05, 0) is 0 Å². The van der Waals surface area contributed by atoms with Gasteiger partial charge in [0.15, 0.2) is 0 Å². The molecule has 0 saturated heterocycles. The predicted octanol–water partition coefficient (Wildman–Crippen LogP) is -0.838. The zero-order valence-corrected chi connectivity index (χ0v) is 6.61. The summed E-state index contributed by atoms with van der Waals surface area (Å²) in [5.41, 5.74) is 0. The minimum absolute atomic E-state index is 0.656. The average molecular weight is 189 g/mol. The molecule has 68 valence electrons. The molecule has 0 aliphatic carbocycles. The molecular weight excluding hydrogens is 180 g/mol. The van der Waals surface area contributed by atoms with E-state index in [-0.39, 0.29) is 0 Å². The SMILES string of the molecule is CS(=O)(=O)NCC(O)C(F)F. The highest BCUT2D eigenvalue weighted by atomic mass is 32.2. The van der Waals surface area contributed by atoms with Gasteiger partial charge in [-0.25, -0.2) is 21.9 Å². The van der Waals surface area contributed by atoms with Gasteiger partial charge in [0.25, 0.3) is 6.43 Å². The van der Waals surface area contributed by atoms with Gasteiger partial charge in [0, 0.05) is 6.54 Å². The Morgan fingerprint density at radius 2 is 2.00 bits per heavy atom. The minimum Gasteiger partial charge on any atom is -0.386 e. The minimum atomic E-state index is -3.50. The first-order valence-electron chi connectivity index (χ1n) is 2.74. The Labute approximate surface area is 63.3 Å². The zero-order chi connectivity index (χ0) is 9.07. The van der Waals surface area contributed by atoms with Crippen molar-refractivity contribution in [1.82, 2.24) is 4.72 Å². The molecule has 1 atom stereocenters. The van der Waals surface area contributed by atoms with Gasteiger partial charge in [-0.3, -0.25) is 0 Å². The molecule has 0 aliphatic rings. The van der Waals surface area contributed by atoms with Crippen LogP contribution in [0.15, 0.2) is 0 Å². The monoisotopic (exact) mass is 189 g/mol. The third kappa shape index (κ3) is 6.14. The van der Waals surface area contributed by atoms with Crippen molar-refractivity contribution in [2.45, 2.75) is 12.5 Å². The van der Waals surface area contributed by atoms with Gasteiger partial charge in [-0.15, -0.1) is 0 Å². The fourth-order valence-corrected chi connectivity index (χ4v) is 0.799. The molecule has 1 unspecified atom stereocenters. The van der Waals surface area contributed by atoms with Crippen molar-refractivity contribution in [2.75, 3.05) is 12.8 Å². The standard InChI is InChI=1S/C4H9F2NO3S/c1-11(9,10)7-2-3(8)4(5)6/h3-4,7-8H,2H2,1H3. The molecule has 4 nitrogen and oxygen atoms in total. The van der Waals surface area contributed by atoms with E-state index in [0.717, 1.165) is 6.26 Å². The topological polar surface area (TPSA) is 66.4 Å². The molecule has 0 bridgehead atoms. The van der Waals surface area contributed by atoms with Crippen LogP contribution in [-0.2, 0) is 10.0 Å². The van der Waals surface area contributed by atoms with Crippen molar-refractivity contribution < 1.29 is 22.3 Å². The van der Waals surface area contributed by atoms with Crippen LogP contribution in [-0.4, -0.2) is 38.9 Å². The lowest BCUT2D eigenvalue weighted by atomic mass is 10.4. The summed E-state index contributed by atoms with van der Waals surface area (Å²) in [5.74, 6) is 0. The van der Waals surface area contributed by atoms with E-state index >= 15 is 0 Å². The van der Waals surface area contributed by atoms with Gasteiger partial charge in [0.05, 0.1) is 6.26 Å². The van der Waals surface area contributed by atoms with E-state index in [0.29, 0.717) is 0 Å². The summed E-state index contributed by atoms with van der Waals surface area (Å²) in [6.45, 7) is -0.656. The molecular formula is C4H9F2NO3S. The van der Waals surface area contributed by atoms with Crippen LogP contribution in [0.1, 0.15) is 0 Å². The lowest BCUT2D eigenvalue weighted by Crippen LogP contribution is -2.35. The highest BCUT2D eigenvalue weighted by Crippen LogP contribution is 1.98. The molecule has 0 heterocycles. The van der Waals surface area contributed by atoms with E-state index < -0.39 is 29.1 Å². The number of nitrogens with one attached hydrogen (secondary N) is 1. The Balaban J connectivity index is 3.72. The van der Waals surface area contributed by atoms with E-state index in [1.165, 1.54) is 0 Å². The predicted molar refractivity (Wildman–Crippen MR) is 34.9 cm³/mol. The summed E-state index contributed by atoms with van der Waals surface area (Å²) >= 11 is 0. The number of aliphatic hydroxyl groups is 1. The van der Waals surface area contributed by atoms with Gasteiger partial charge in [0.2, 0.25) is 10.0 Å². The lowest BCUT2D eigenvalue weighted by Gasteiger charge is -2.08. The molecule has 0 amide bonds. The third-order valence-electron chi connectivity index (χ3n) is 0.846. The average Bonchev–Trinajstić information content (AvgIpc) is 1.80. The van der Waals surface area contributed by atoms with Crippen LogP contribution >= 0.6 is 0 Å². The van der Waals surface area contributed by atoms with Crippen molar-refractivity contribution in [3.05, 3.63) is 0 Å². The van der Waals surface area contributed by atoms with Crippen LogP contribution in [0, 0.1) is 0 Å². The van der Waals surface area contributed by atoms with E-state index in [9.17, 15) is 17.2 Å². The van der Waals surface area contributed by atoms with Crippen LogP contribution < -0.4 is 4.72 Å². The Morgan fingerprint density at radius 3 is 2.27 bits per heavy atom. The van der Waals surface area contributed by atoms with E-state index in [4.69, 9.17) is 5.11 Å². The molecule has 11 heavy (non-hydrogen) atoms. The fourth-order valence-electron chi connectivity index (χ4n) is 0.326. The van der Waals surface area contributed by atoms with Gasteiger partial charge in [-0.1, -0.05) is 0 Å². The van der Waals surface area contributed by atoms with Crippen molar-refractivity contribution in [3.8, 4) is 0 Å². The van der Waals surface area contributed by atoms with Gasteiger partial charge >= 0.3 is 0 Å². The van der Waals surface area contributed by atoms with Crippen molar-refractivity contribution in [3.63, 3.8) is 0 Å². The number of hydrogen-bond donors (Lipinski definition) is 2. The molecule has 0 aromatic carbocycles. The van der Waals surface area contributed by atoms with Gasteiger partial charge < -0.3 is 5.11 Å². The molecule has 7 heteroatoms. The van der Waals surface area contributed by atoms with E-state index in [1.54, 1.807) is 4.72 Å².